The van der Waals surface area contributed by atoms with Crippen molar-refractivity contribution in [3.63, 3.8) is 0 Å². The highest BCUT2D eigenvalue weighted by Crippen LogP contribution is 2.40. The van der Waals surface area contributed by atoms with E-state index in [9.17, 15) is 9.90 Å². The predicted molar refractivity (Wildman–Crippen MR) is 65.5 cm³/mol. The lowest BCUT2D eigenvalue weighted by Gasteiger charge is -2.31. The van der Waals surface area contributed by atoms with Gasteiger partial charge >= 0.3 is 0 Å². The molecule has 0 saturated heterocycles. The van der Waals surface area contributed by atoms with Gasteiger partial charge in [0, 0.05) is 6.42 Å². The molecule has 2 aromatic carbocycles. The Bertz CT molecular complexity index is 589. The quantitative estimate of drug-likeness (QED) is 0.755. The molecule has 2 heteroatoms. The maximum Gasteiger partial charge on any atom is 0.156 e. The smallest absolute Gasteiger partial charge is 0.156 e. The number of aldehydes is 1. The highest BCUT2D eigenvalue weighted by Gasteiger charge is 2.36. The zero-order chi connectivity index (χ0) is 11.9. The van der Waals surface area contributed by atoms with Gasteiger partial charge in [-0.05, 0) is 22.3 Å². The molecule has 0 amide bonds. The normalized spacial score (nSPS) is 21.5. The summed E-state index contributed by atoms with van der Waals surface area (Å²) in [6, 6.07) is 15.4. The van der Waals surface area contributed by atoms with E-state index in [1.54, 1.807) is 0 Å². The van der Waals surface area contributed by atoms with Gasteiger partial charge in [-0.2, -0.15) is 0 Å². The monoisotopic (exact) mass is 224 g/mol. The van der Waals surface area contributed by atoms with Crippen LogP contribution in [-0.2, 0) is 16.8 Å². The van der Waals surface area contributed by atoms with Crippen LogP contribution in [0, 0.1) is 0 Å². The van der Waals surface area contributed by atoms with Crippen molar-refractivity contribution in [2.45, 2.75) is 12.0 Å². The lowest BCUT2D eigenvalue weighted by Crippen LogP contribution is -2.33. The molecule has 0 aromatic heterocycles. The van der Waals surface area contributed by atoms with Crippen molar-refractivity contribution in [1.29, 1.82) is 0 Å². The molecule has 1 unspecified atom stereocenters. The number of aliphatic hydroxyl groups is 1. The molecule has 2 aromatic rings. The van der Waals surface area contributed by atoms with E-state index in [4.69, 9.17) is 0 Å². The largest absolute Gasteiger partial charge is 0.377 e. The molecule has 1 atom stereocenters. The van der Waals surface area contributed by atoms with Gasteiger partial charge in [-0.15, -0.1) is 0 Å². The van der Waals surface area contributed by atoms with Crippen LogP contribution in [0.4, 0.5) is 0 Å². The summed E-state index contributed by atoms with van der Waals surface area (Å²) < 4.78 is 0. The van der Waals surface area contributed by atoms with Crippen molar-refractivity contribution in [3.05, 3.63) is 59.7 Å². The van der Waals surface area contributed by atoms with E-state index in [1.807, 2.05) is 48.5 Å². The maximum atomic E-state index is 11.2. The van der Waals surface area contributed by atoms with E-state index in [2.05, 4.69) is 0 Å². The van der Waals surface area contributed by atoms with Gasteiger partial charge < -0.3 is 5.11 Å². The molecule has 17 heavy (non-hydrogen) atoms. The Morgan fingerprint density at radius 2 is 1.65 bits per heavy atom. The molecule has 1 aliphatic carbocycles. The van der Waals surface area contributed by atoms with Crippen molar-refractivity contribution in [1.82, 2.24) is 0 Å². The van der Waals surface area contributed by atoms with Crippen molar-refractivity contribution in [3.8, 4) is 11.1 Å². The first kappa shape index (κ1) is 10.2. The molecule has 84 valence electrons. The molecule has 3 rings (SSSR count). The molecule has 0 spiro atoms. The van der Waals surface area contributed by atoms with Crippen molar-refractivity contribution < 1.29 is 9.90 Å². The fourth-order valence-electron chi connectivity index (χ4n) is 2.52. The summed E-state index contributed by atoms with van der Waals surface area (Å²) in [5, 5.41) is 10.4. The molecule has 2 nitrogen and oxygen atoms in total. The number of fused-ring (bicyclic) bond motifs is 3. The molecule has 1 N–H and O–H groups in total. The van der Waals surface area contributed by atoms with Gasteiger partial charge in [0.1, 0.15) is 5.60 Å². The van der Waals surface area contributed by atoms with Gasteiger partial charge in [-0.3, -0.25) is 4.79 Å². The average molecular weight is 224 g/mol. The van der Waals surface area contributed by atoms with Crippen molar-refractivity contribution in [2.24, 2.45) is 0 Å². The minimum Gasteiger partial charge on any atom is -0.377 e. The zero-order valence-corrected chi connectivity index (χ0v) is 9.26. The van der Waals surface area contributed by atoms with Gasteiger partial charge in [0.2, 0.25) is 0 Å². The topological polar surface area (TPSA) is 37.3 Å². The van der Waals surface area contributed by atoms with Gasteiger partial charge in [0.25, 0.3) is 0 Å². The van der Waals surface area contributed by atoms with Crippen LogP contribution in [0.2, 0.25) is 0 Å². The maximum absolute atomic E-state index is 11.2. The number of carbonyl (C=O) groups excluding carboxylic acids is 1. The Kier molecular flexibility index (Phi) is 2.13. The number of hydrogen-bond acceptors (Lipinski definition) is 2. The van der Waals surface area contributed by atoms with Crippen LogP contribution < -0.4 is 0 Å². The van der Waals surface area contributed by atoms with Crippen LogP contribution >= 0.6 is 0 Å². The number of hydrogen-bond donors (Lipinski definition) is 1. The second kappa shape index (κ2) is 3.54. The second-order valence-electron chi connectivity index (χ2n) is 4.42. The summed E-state index contributed by atoms with van der Waals surface area (Å²) in [7, 11) is 0. The Morgan fingerprint density at radius 3 is 2.41 bits per heavy atom. The van der Waals surface area contributed by atoms with Crippen LogP contribution in [0.3, 0.4) is 0 Å². The summed E-state index contributed by atoms with van der Waals surface area (Å²) >= 11 is 0. The van der Waals surface area contributed by atoms with E-state index in [-0.39, 0.29) is 0 Å². The minimum atomic E-state index is -1.38. The van der Waals surface area contributed by atoms with Crippen LogP contribution in [0.5, 0.6) is 0 Å². The SMILES string of the molecule is O=CC1(O)Cc2ccccc2-c2ccccc21. The molecule has 0 bridgehead atoms. The third-order valence-electron chi connectivity index (χ3n) is 3.36. The lowest BCUT2D eigenvalue weighted by molar-refractivity contribution is -0.124. The lowest BCUT2D eigenvalue weighted by atomic mass is 9.76. The Morgan fingerprint density at radius 1 is 1.00 bits per heavy atom. The minimum absolute atomic E-state index is 0.351. The molecule has 0 radical (unpaired) electrons. The van der Waals surface area contributed by atoms with Crippen LogP contribution in [0.25, 0.3) is 11.1 Å². The first-order valence-electron chi connectivity index (χ1n) is 5.61. The Labute approximate surface area is 99.5 Å². The molecule has 0 fully saturated rings. The fourth-order valence-corrected chi connectivity index (χ4v) is 2.52. The molecule has 0 heterocycles. The second-order valence-corrected chi connectivity index (χ2v) is 4.42. The Balaban J connectivity index is 2.34. The summed E-state index contributed by atoms with van der Waals surface area (Å²) in [5.74, 6) is 0. The Hall–Kier alpha value is -1.93. The first-order valence-corrected chi connectivity index (χ1v) is 5.61. The zero-order valence-electron chi connectivity index (χ0n) is 9.26. The van der Waals surface area contributed by atoms with Gasteiger partial charge in [0.05, 0.1) is 0 Å². The van der Waals surface area contributed by atoms with Crippen molar-refractivity contribution >= 4 is 6.29 Å². The highest BCUT2D eigenvalue weighted by molar-refractivity contribution is 5.81. The third-order valence-corrected chi connectivity index (χ3v) is 3.36. The van der Waals surface area contributed by atoms with Gasteiger partial charge in [-0.25, -0.2) is 0 Å². The van der Waals surface area contributed by atoms with E-state index in [1.165, 1.54) is 0 Å². The molecule has 0 saturated carbocycles. The number of benzene rings is 2. The van der Waals surface area contributed by atoms with Crippen LogP contribution in [-0.4, -0.2) is 11.4 Å². The third kappa shape index (κ3) is 1.41. The van der Waals surface area contributed by atoms with Gasteiger partial charge in [-0.1, -0.05) is 48.5 Å². The van der Waals surface area contributed by atoms with Crippen LogP contribution in [0.15, 0.2) is 48.5 Å². The molecular weight excluding hydrogens is 212 g/mol. The number of carbonyl (C=O) groups is 1. The van der Waals surface area contributed by atoms with Crippen LogP contribution in [0.1, 0.15) is 11.1 Å². The summed E-state index contributed by atoms with van der Waals surface area (Å²) in [4.78, 5) is 11.2. The first-order chi connectivity index (χ1) is 8.24. The molecule has 0 aliphatic heterocycles. The van der Waals surface area contributed by atoms with Gasteiger partial charge in [0.15, 0.2) is 6.29 Å². The van der Waals surface area contributed by atoms with E-state index in [0.717, 1.165) is 16.7 Å². The summed E-state index contributed by atoms with van der Waals surface area (Å²) in [6.45, 7) is 0. The highest BCUT2D eigenvalue weighted by atomic mass is 16.3. The fraction of sp³-hybridized carbons (Fsp3) is 0.133. The molecular formula is C15H12O2. The van der Waals surface area contributed by atoms with E-state index in [0.29, 0.717) is 18.3 Å². The average Bonchev–Trinajstić information content (AvgIpc) is 2.39. The number of rotatable bonds is 1. The summed E-state index contributed by atoms with van der Waals surface area (Å²) in [6.07, 6.45) is 0.992. The molecule has 1 aliphatic rings. The van der Waals surface area contributed by atoms with Crippen molar-refractivity contribution in [2.75, 3.05) is 0 Å². The van der Waals surface area contributed by atoms with E-state index < -0.39 is 5.60 Å². The standard InChI is InChI=1S/C15H12O2/c16-10-15(17)9-11-5-1-2-6-12(11)13-7-3-4-8-14(13)15/h1-8,10,17H,9H2. The predicted octanol–water partition coefficient (Wildman–Crippen LogP) is 2.30. The van der Waals surface area contributed by atoms with E-state index >= 15 is 0 Å². The summed E-state index contributed by atoms with van der Waals surface area (Å²) in [5.41, 5.74) is 2.39.